The van der Waals surface area contributed by atoms with Crippen molar-refractivity contribution in [2.45, 2.75) is 13.0 Å². The Kier molecular flexibility index (Phi) is 3.49. The third-order valence-corrected chi connectivity index (χ3v) is 2.25. The molecule has 1 N–H and O–H groups in total. The zero-order chi connectivity index (χ0) is 10.7. The summed E-state index contributed by atoms with van der Waals surface area (Å²) in [7, 11) is 0. The van der Waals surface area contributed by atoms with Crippen molar-refractivity contribution in [3.05, 3.63) is 27.5 Å². The molecular formula is C8H5BrF2N2O. The van der Waals surface area contributed by atoms with E-state index in [-0.39, 0.29) is 15.7 Å². The number of alkyl halides is 2. The highest BCUT2D eigenvalue weighted by molar-refractivity contribution is 9.10. The molecule has 0 aliphatic rings. The fourth-order valence-corrected chi connectivity index (χ4v) is 1.46. The second-order valence-electron chi connectivity index (χ2n) is 2.43. The molecule has 0 saturated heterocycles. The fourth-order valence-electron chi connectivity index (χ4n) is 0.921. The highest BCUT2D eigenvalue weighted by Crippen LogP contribution is 2.24. The van der Waals surface area contributed by atoms with Crippen molar-refractivity contribution in [2.24, 2.45) is 0 Å². The SMILES string of the molecule is N#Cc1cc(C(F)F)nc(Br)c1CO. The molecular weight excluding hydrogens is 258 g/mol. The quantitative estimate of drug-likeness (QED) is 0.831. The van der Waals surface area contributed by atoms with Gasteiger partial charge in [0.05, 0.1) is 18.2 Å². The molecule has 0 aromatic carbocycles. The van der Waals surface area contributed by atoms with Crippen LogP contribution >= 0.6 is 15.9 Å². The van der Waals surface area contributed by atoms with Gasteiger partial charge in [-0.1, -0.05) is 0 Å². The molecule has 3 nitrogen and oxygen atoms in total. The van der Waals surface area contributed by atoms with E-state index in [2.05, 4.69) is 20.9 Å². The molecule has 0 bridgehead atoms. The number of rotatable bonds is 2. The second kappa shape index (κ2) is 4.44. The molecule has 6 heteroatoms. The van der Waals surface area contributed by atoms with Gasteiger partial charge in [-0.15, -0.1) is 0 Å². The third-order valence-electron chi connectivity index (χ3n) is 1.60. The number of nitrogens with zero attached hydrogens (tertiary/aromatic N) is 2. The Balaban J connectivity index is 3.33. The van der Waals surface area contributed by atoms with E-state index < -0.39 is 18.7 Å². The first-order chi connectivity index (χ1) is 6.60. The lowest BCUT2D eigenvalue weighted by atomic mass is 10.1. The van der Waals surface area contributed by atoms with Crippen molar-refractivity contribution >= 4 is 15.9 Å². The van der Waals surface area contributed by atoms with Gasteiger partial charge in [0, 0.05) is 5.56 Å². The Bertz CT molecular complexity index is 390. The van der Waals surface area contributed by atoms with E-state index in [0.29, 0.717) is 0 Å². The van der Waals surface area contributed by atoms with Crippen LogP contribution in [0, 0.1) is 11.3 Å². The molecule has 0 saturated carbocycles. The summed E-state index contributed by atoms with van der Waals surface area (Å²) in [4.78, 5) is 3.51. The van der Waals surface area contributed by atoms with Crippen LogP contribution in [0.3, 0.4) is 0 Å². The van der Waals surface area contributed by atoms with Crippen LogP contribution in [0.2, 0.25) is 0 Å². The molecule has 0 radical (unpaired) electrons. The number of pyridine rings is 1. The fraction of sp³-hybridized carbons (Fsp3) is 0.250. The number of aromatic nitrogens is 1. The summed E-state index contributed by atoms with van der Waals surface area (Å²) in [6.45, 7) is -0.417. The van der Waals surface area contributed by atoms with E-state index in [1.165, 1.54) is 0 Å². The average molecular weight is 263 g/mol. The van der Waals surface area contributed by atoms with E-state index in [1.807, 2.05) is 0 Å². The molecule has 1 aromatic rings. The summed E-state index contributed by atoms with van der Waals surface area (Å²) >= 11 is 2.91. The predicted octanol–water partition coefficient (Wildman–Crippen LogP) is 2.15. The zero-order valence-electron chi connectivity index (χ0n) is 6.84. The van der Waals surface area contributed by atoms with Crippen LogP contribution in [-0.2, 0) is 6.61 Å². The largest absolute Gasteiger partial charge is 0.392 e. The summed E-state index contributed by atoms with van der Waals surface area (Å²) in [6.07, 6.45) is -2.73. The Morgan fingerprint density at radius 3 is 2.71 bits per heavy atom. The predicted molar refractivity (Wildman–Crippen MR) is 47.5 cm³/mol. The van der Waals surface area contributed by atoms with Gasteiger partial charge in [-0.05, 0) is 22.0 Å². The summed E-state index contributed by atoms with van der Waals surface area (Å²) in [5, 5.41) is 17.5. The molecule has 0 amide bonds. The van der Waals surface area contributed by atoms with E-state index in [4.69, 9.17) is 10.4 Å². The van der Waals surface area contributed by atoms with E-state index in [1.54, 1.807) is 6.07 Å². The molecule has 1 aromatic heterocycles. The Morgan fingerprint density at radius 1 is 1.64 bits per heavy atom. The van der Waals surface area contributed by atoms with E-state index in [9.17, 15) is 8.78 Å². The van der Waals surface area contributed by atoms with Gasteiger partial charge in [0.15, 0.2) is 0 Å². The van der Waals surface area contributed by atoms with Gasteiger partial charge in [0.1, 0.15) is 10.3 Å². The summed E-state index contributed by atoms with van der Waals surface area (Å²) in [5.41, 5.74) is -0.257. The minimum absolute atomic E-state index is 0.00433. The van der Waals surface area contributed by atoms with Crippen LogP contribution in [0.5, 0.6) is 0 Å². The maximum atomic E-state index is 12.2. The highest BCUT2D eigenvalue weighted by atomic mass is 79.9. The summed E-state index contributed by atoms with van der Waals surface area (Å²) < 4.78 is 24.6. The van der Waals surface area contributed by atoms with Crippen LogP contribution in [-0.4, -0.2) is 10.1 Å². The van der Waals surface area contributed by atoms with Gasteiger partial charge < -0.3 is 5.11 Å². The monoisotopic (exact) mass is 262 g/mol. The Labute approximate surface area is 87.1 Å². The van der Waals surface area contributed by atoms with Crippen LogP contribution < -0.4 is 0 Å². The average Bonchev–Trinajstić information content (AvgIpc) is 2.16. The normalized spacial score (nSPS) is 10.3. The molecule has 1 heterocycles. The number of aliphatic hydroxyl groups is 1. The lowest BCUT2D eigenvalue weighted by Gasteiger charge is -2.05. The van der Waals surface area contributed by atoms with Crippen molar-refractivity contribution in [3.8, 4) is 6.07 Å². The molecule has 14 heavy (non-hydrogen) atoms. The van der Waals surface area contributed by atoms with Gasteiger partial charge in [-0.25, -0.2) is 13.8 Å². The minimum Gasteiger partial charge on any atom is -0.392 e. The molecule has 0 aliphatic heterocycles. The Morgan fingerprint density at radius 2 is 2.29 bits per heavy atom. The topological polar surface area (TPSA) is 56.9 Å². The lowest BCUT2D eigenvalue weighted by Crippen LogP contribution is -1.99. The standard InChI is InChI=1S/C8H5BrF2N2O/c9-7-5(3-14)4(2-12)1-6(13-7)8(10)11/h1,8,14H,3H2. The van der Waals surface area contributed by atoms with Crippen molar-refractivity contribution in [3.63, 3.8) is 0 Å². The van der Waals surface area contributed by atoms with Crippen molar-refractivity contribution in [2.75, 3.05) is 0 Å². The molecule has 74 valence electrons. The van der Waals surface area contributed by atoms with Gasteiger partial charge in [-0.3, -0.25) is 0 Å². The van der Waals surface area contributed by atoms with Crippen LogP contribution in [0.1, 0.15) is 23.2 Å². The first kappa shape index (κ1) is 11.0. The first-order valence-corrected chi connectivity index (χ1v) is 4.38. The number of nitriles is 1. The molecule has 0 unspecified atom stereocenters. The second-order valence-corrected chi connectivity index (χ2v) is 3.19. The number of halogens is 3. The van der Waals surface area contributed by atoms with E-state index >= 15 is 0 Å². The molecule has 0 atom stereocenters. The van der Waals surface area contributed by atoms with Crippen LogP contribution in [0.15, 0.2) is 10.7 Å². The van der Waals surface area contributed by atoms with Gasteiger partial charge in [-0.2, -0.15) is 5.26 Å². The minimum atomic E-state index is -2.73. The van der Waals surface area contributed by atoms with Crippen molar-refractivity contribution in [1.29, 1.82) is 5.26 Å². The maximum absolute atomic E-state index is 12.2. The van der Waals surface area contributed by atoms with Crippen LogP contribution in [0.25, 0.3) is 0 Å². The molecule has 0 aliphatic carbocycles. The van der Waals surface area contributed by atoms with Gasteiger partial charge >= 0.3 is 0 Å². The van der Waals surface area contributed by atoms with Crippen LogP contribution in [0.4, 0.5) is 8.78 Å². The van der Waals surface area contributed by atoms with E-state index in [0.717, 1.165) is 6.07 Å². The van der Waals surface area contributed by atoms with Crippen molar-refractivity contribution in [1.82, 2.24) is 4.98 Å². The zero-order valence-corrected chi connectivity index (χ0v) is 8.42. The summed E-state index contributed by atoms with van der Waals surface area (Å²) in [6, 6.07) is 2.69. The Hall–Kier alpha value is -1.06. The lowest BCUT2D eigenvalue weighted by molar-refractivity contribution is 0.145. The van der Waals surface area contributed by atoms with Gasteiger partial charge in [0.2, 0.25) is 0 Å². The highest BCUT2D eigenvalue weighted by Gasteiger charge is 2.15. The first-order valence-electron chi connectivity index (χ1n) is 3.58. The third kappa shape index (κ3) is 2.05. The molecule has 1 rings (SSSR count). The summed E-state index contributed by atoms with van der Waals surface area (Å²) in [5.74, 6) is 0. The molecule has 0 spiro atoms. The number of hydrogen-bond acceptors (Lipinski definition) is 3. The van der Waals surface area contributed by atoms with Gasteiger partial charge in [0.25, 0.3) is 6.43 Å². The van der Waals surface area contributed by atoms with Crippen molar-refractivity contribution < 1.29 is 13.9 Å². The maximum Gasteiger partial charge on any atom is 0.280 e. The number of hydrogen-bond donors (Lipinski definition) is 1. The molecule has 0 fully saturated rings. The smallest absolute Gasteiger partial charge is 0.280 e. The number of aliphatic hydroxyl groups excluding tert-OH is 1.